The molecule has 0 aliphatic rings. The van der Waals surface area contributed by atoms with Gasteiger partial charge in [-0.15, -0.1) is 0 Å². The fraction of sp³-hybridized carbons (Fsp3) is 0.0909. The van der Waals surface area contributed by atoms with Gasteiger partial charge in [-0.1, -0.05) is 6.07 Å². The van der Waals surface area contributed by atoms with E-state index in [2.05, 4.69) is 15.8 Å². The predicted octanol–water partition coefficient (Wildman–Crippen LogP) is 0.866. The van der Waals surface area contributed by atoms with E-state index in [9.17, 15) is 14.9 Å². The minimum absolute atomic E-state index is 0.0427. The van der Waals surface area contributed by atoms with Crippen molar-refractivity contribution in [3.63, 3.8) is 0 Å². The summed E-state index contributed by atoms with van der Waals surface area (Å²) in [4.78, 5) is 22.4. The number of carbonyl (C=O) groups is 1. The Hall–Kier alpha value is -2.94. The molecule has 0 aliphatic heterocycles. The van der Waals surface area contributed by atoms with Crippen LogP contribution in [0.25, 0.3) is 0 Å². The number of nitrogens with two attached hydrogens (primary N) is 1. The van der Waals surface area contributed by atoms with Crippen molar-refractivity contribution in [1.82, 2.24) is 9.78 Å². The molecule has 104 valence electrons. The Morgan fingerprint density at radius 3 is 2.80 bits per heavy atom. The number of nitro groups is 1. The Morgan fingerprint density at radius 2 is 2.25 bits per heavy atom. The first-order chi connectivity index (χ1) is 9.52. The second kappa shape index (κ2) is 5.36. The second-order valence-electron chi connectivity index (χ2n) is 3.96. The molecule has 1 aromatic heterocycles. The summed E-state index contributed by atoms with van der Waals surface area (Å²) in [6, 6.07) is 4.11. The molecule has 1 aromatic carbocycles. The van der Waals surface area contributed by atoms with Crippen LogP contribution in [-0.2, 0) is 7.05 Å². The Balaban J connectivity index is 2.34. The molecule has 0 bridgehead atoms. The van der Waals surface area contributed by atoms with Gasteiger partial charge in [-0.25, -0.2) is 0 Å². The summed E-state index contributed by atoms with van der Waals surface area (Å²) in [6.45, 7) is 0. The number of hydrazine groups is 1. The van der Waals surface area contributed by atoms with Crippen LogP contribution in [-0.4, -0.2) is 20.6 Å². The largest absolute Gasteiger partial charge is 0.319 e. The molecular formula is C11H12N6O3. The van der Waals surface area contributed by atoms with Crippen molar-refractivity contribution in [2.75, 3.05) is 10.7 Å². The van der Waals surface area contributed by atoms with Crippen molar-refractivity contribution in [3.8, 4) is 0 Å². The molecule has 2 aromatic rings. The molecule has 0 spiro atoms. The summed E-state index contributed by atoms with van der Waals surface area (Å²) >= 11 is 0. The number of hydrogen-bond donors (Lipinski definition) is 3. The normalized spacial score (nSPS) is 10.1. The minimum atomic E-state index is -0.615. The fourth-order valence-electron chi connectivity index (χ4n) is 1.72. The first-order valence-corrected chi connectivity index (χ1v) is 5.57. The summed E-state index contributed by atoms with van der Waals surface area (Å²) in [5, 5.41) is 17.4. The average molecular weight is 276 g/mol. The van der Waals surface area contributed by atoms with Crippen LogP contribution in [0.5, 0.6) is 0 Å². The maximum absolute atomic E-state index is 12.1. The van der Waals surface area contributed by atoms with E-state index in [1.165, 1.54) is 29.1 Å². The number of para-hydroxylation sites is 1. The third-order valence-corrected chi connectivity index (χ3v) is 2.59. The number of nitrogens with zero attached hydrogens (tertiary/aromatic N) is 3. The molecule has 1 amide bonds. The quantitative estimate of drug-likeness (QED) is 0.431. The van der Waals surface area contributed by atoms with E-state index in [1.54, 1.807) is 13.2 Å². The summed E-state index contributed by atoms with van der Waals surface area (Å²) in [6.07, 6.45) is 3.07. The first kappa shape index (κ1) is 13.5. The van der Waals surface area contributed by atoms with Gasteiger partial charge in [-0.3, -0.25) is 25.4 Å². The van der Waals surface area contributed by atoms with Crippen LogP contribution >= 0.6 is 0 Å². The zero-order chi connectivity index (χ0) is 14.7. The summed E-state index contributed by atoms with van der Waals surface area (Å²) < 4.78 is 1.52. The van der Waals surface area contributed by atoms with Crippen LogP contribution in [0.1, 0.15) is 10.4 Å². The number of aromatic nitrogens is 2. The standard InChI is InChI=1S/C11H12N6O3/c1-16-6-7(5-13-16)14-11(18)8-3-2-4-9(17(19)20)10(8)15-12/h2-6,15H,12H2,1H3,(H,14,18). The Kier molecular flexibility index (Phi) is 3.62. The van der Waals surface area contributed by atoms with Gasteiger partial charge in [0.15, 0.2) is 0 Å². The third-order valence-electron chi connectivity index (χ3n) is 2.59. The molecule has 0 saturated heterocycles. The molecule has 9 heteroatoms. The predicted molar refractivity (Wildman–Crippen MR) is 72.1 cm³/mol. The van der Waals surface area contributed by atoms with E-state index >= 15 is 0 Å². The number of benzene rings is 1. The van der Waals surface area contributed by atoms with Crippen molar-refractivity contribution in [3.05, 3.63) is 46.3 Å². The highest BCUT2D eigenvalue weighted by Gasteiger charge is 2.21. The highest BCUT2D eigenvalue weighted by Crippen LogP contribution is 2.27. The van der Waals surface area contributed by atoms with E-state index in [4.69, 9.17) is 5.84 Å². The van der Waals surface area contributed by atoms with E-state index in [0.717, 1.165) is 0 Å². The molecule has 0 unspecified atom stereocenters. The zero-order valence-electron chi connectivity index (χ0n) is 10.5. The Labute approximate surface area is 113 Å². The molecule has 0 aliphatic carbocycles. The summed E-state index contributed by atoms with van der Waals surface area (Å²) in [5.41, 5.74) is 2.43. The number of nitrogens with one attached hydrogen (secondary N) is 2. The van der Waals surface area contributed by atoms with Gasteiger partial charge in [0, 0.05) is 19.3 Å². The number of nitro benzene ring substituents is 1. The van der Waals surface area contributed by atoms with Gasteiger partial charge >= 0.3 is 0 Å². The van der Waals surface area contributed by atoms with Gasteiger partial charge in [-0.2, -0.15) is 5.10 Å². The summed E-state index contributed by atoms with van der Waals surface area (Å²) in [7, 11) is 1.70. The lowest BCUT2D eigenvalue weighted by molar-refractivity contribution is -0.384. The zero-order valence-corrected chi connectivity index (χ0v) is 10.5. The average Bonchev–Trinajstić information content (AvgIpc) is 2.82. The molecule has 9 nitrogen and oxygen atoms in total. The molecular weight excluding hydrogens is 264 g/mol. The molecule has 0 atom stereocenters. The van der Waals surface area contributed by atoms with Gasteiger partial charge in [0.25, 0.3) is 11.6 Å². The minimum Gasteiger partial charge on any atom is -0.319 e. The van der Waals surface area contributed by atoms with Crippen molar-refractivity contribution >= 4 is 23.0 Å². The van der Waals surface area contributed by atoms with Crippen LogP contribution in [0.2, 0.25) is 0 Å². The summed E-state index contributed by atoms with van der Waals surface area (Å²) in [5.74, 6) is 4.75. The number of nitrogen functional groups attached to an aromatic ring is 1. The van der Waals surface area contributed by atoms with E-state index in [1.807, 2.05) is 0 Å². The van der Waals surface area contributed by atoms with Gasteiger partial charge in [0.2, 0.25) is 0 Å². The maximum Gasteiger partial charge on any atom is 0.294 e. The highest BCUT2D eigenvalue weighted by molar-refractivity contribution is 6.09. The number of hydrogen-bond acceptors (Lipinski definition) is 6. The van der Waals surface area contributed by atoms with Gasteiger partial charge in [0.1, 0.15) is 5.69 Å². The number of amides is 1. The first-order valence-electron chi connectivity index (χ1n) is 5.57. The topological polar surface area (TPSA) is 128 Å². The van der Waals surface area contributed by atoms with Crippen molar-refractivity contribution in [2.45, 2.75) is 0 Å². The number of rotatable bonds is 4. The molecule has 1 heterocycles. The molecule has 0 fully saturated rings. The van der Waals surface area contributed by atoms with Gasteiger partial charge in [-0.05, 0) is 6.07 Å². The van der Waals surface area contributed by atoms with E-state index in [-0.39, 0.29) is 16.9 Å². The Bertz CT molecular complexity index is 666. The van der Waals surface area contributed by atoms with Gasteiger partial charge < -0.3 is 10.7 Å². The van der Waals surface area contributed by atoms with Crippen molar-refractivity contribution in [1.29, 1.82) is 0 Å². The second-order valence-corrected chi connectivity index (χ2v) is 3.96. The smallest absolute Gasteiger partial charge is 0.294 e. The van der Waals surface area contributed by atoms with Crippen LogP contribution in [0, 0.1) is 10.1 Å². The lowest BCUT2D eigenvalue weighted by atomic mass is 10.1. The van der Waals surface area contributed by atoms with Crippen LogP contribution in [0.3, 0.4) is 0 Å². The van der Waals surface area contributed by atoms with Gasteiger partial charge in [0.05, 0.1) is 22.4 Å². The molecule has 2 rings (SSSR count). The van der Waals surface area contributed by atoms with Crippen LogP contribution in [0.4, 0.5) is 17.1 Å². The third kappa shape index (κ3) is 2.57. The number of anilines is 2. The van der Waals surface area contributed by atoms with E-state index in [0.29, 0.717) is 5.69 Å². The van der Waals surface area contributed by atoms with Crippen LogP contribution in [0.15, 0.2) is 30.6 Å². The van der Waals surface area contributed by atoms with Crippen molar-refractivity contribution in [2.24, 2.45) is 12.9 Å². The monoisotopic (exact) mass is 276 g/mol. The maximum atomic E-state index is 12.1. The van der Waals surface area contributed by atoms with Crippen molar-refractivity contribution < 1.29 is 9.72 Å². The lowest BCUT2D eigenvalue weighted by Crippen LogP contribution is -2.18. The SMILES string of the molecule is Cn1cc(NC(=O)c2cccc([N+](=O)[O-])c2NN)cn1. The fourth-order valence-corrected chi connectivity index (χ4v) is 1.72. The molecule has 0 saturated carbocycles. The highest BCUT2D eigenvalue weighted by atomic mass is 16.6. The Morgan fingerprint density at radius 1 is 1.50 bits per heavy atom. The molecule has 20 heavy (non-hydrogen) atoms. The molecule has 4 N–H and O–H groups in total. The van der Waals surface area contributed by atoms with E-state index < -0.39 is 10.8 Å². The number of aryl methyl sites for hydroxylation is 1. The molecule has 0 radical (unpaired) electrons. The number of carbonyl (C=O) groups excluding carboxylic acids is 1. The van der Waals surface area contributed by atoms with Crippen LogP contribution < -0.4 is 16.6 Å². The lowest BCUT2D eigenvalue weighted by Gasteiger charge is -2.08.